The van der Waals surface area contributed by atoms with Gasteiger partial charge in [0.25, 0.3) is 0 Å². The van der Waals surface area contributed by atoms with Crippen molar-refractivity contribution in [2.24, 2.45) is 10.9 Å². The number of hydrogen-bond donors (Lipinski definition) is 2. The number of aliphatic imine (C=N–C) groups is 1. The second-order valence-corrected chi connectivity index (χ2v) is 5.99. The second-order valence-electron chi connectivity index (χ2n) is 5.56. The molecule has 2 aromatic rings. The van der Waals surface area contributed by atoms with E-state index in [1.54, 1.807) is 19.2 Å². The lowest BCUT2D eigenvalue weighted by atomic mass is 10.1. The zero-order valence-corrected chi connectivity index (χ0v) is 17.1. The first-order valence-electron chi connectivity index (χ1n) is 7.61. The monoisotopic (exact) mass is 463 g/mol. The van der Waals surface area contributed by atoms with Crippen molar-refractivity contribution < 1.29 is 4.52 Å². The molecule has 6 nitrogen and oxygen atoms in total. The number of rotatable bonds is 6. The zero-order chi connectivity index (χ0) is 16.7. The van der Waals surface area contributed by atoms with E-state index >= 15 is 0 Å². The van der Waals surface area contributed by atoms with Crippen LogP contribution in [-0.2, 0) is 6.54 Å². The molecular formula is C16H23ClIN5O. The van der Waals surface area contributed by atoms with Crippen LogP contribution in [0.15, 0.2) is 33.8 Å². The Morgan fingerprint density at radius 1 is 1.33 bits per heavy atom. The van der Waals surface area contributed by atoms with Gasteiger partial charge >= 0.3 is 0 Å². The van der Waals surface area contributed by atoms with Crippen LogP contribution in [-0.4, -0.2) is 29.7 Å². The Morgan fingerprint density at radius 2 is 2.12 bits per heavy atom. The van der Waals surface area contributed by atoms with Crippen LogP contribution < -0.4 is 10.6 Å². The summed E-state index contributed by atoms with van der Waals surface area (Å²) in [5, 5.41) is 11.0. The van der Waals surface area contributed by atoms with Crippen molar-refractivity contribution in [2.75, 3.05) is 13.6 Å². The van der Waals surface area contributed by atoms with Crippen molar-refractivity contribution in [2.45, 2.75) is 26.8 Å². The second kappa shape index (κ2) is 10.5. The van der Waals surface area contributed by atoms with Crippen LogP contribution in [0.2, 0.25) is 5.02 Å². The highest BCUT2D eigenvalue weighted by Gasteiger charge is 2.09. The van der Waals surface area contributed by atoms with Gasteiger partial charge in [-0.1, -0.05) is 42.7 Å². The van der Waals surface area contributed by atoms with Crippen molar-refractivity contribution in [3.05, 3.63) is 35.2 Å². The number of guanidine groups is 1. The molecule has 1 heterocycles. The lowest BCUT2D eigenvalue weighted by Gasteiger charge is -2.11. The third-order valence-electron chi connectivity index (χ3n) is 3.20. The van der Waals surface area contributed by atoms with Crippen LogP contribution in [0.3, 0.4) is 0 Å². The van der Waals surface area contributed by atoms with Gasteiger partial charge < -0.3 is 15.2 Å². The normalized spacial score (nSPS) is 11.3. The molecule has 0 spiro atoms. The molecule has 0 saturated carbocycles. The van der Waals surface area contributed by atoms with Gasteiger partial charge in [-0.2, -0.15) is 4.98 Å². The molecule has 0 aliphatic rings. The number of benzene rings is 1. The predicted molar refractivity (Wildman–Crippen MR) is 108 cm³/mol. The topological polar surface area (TPSA) is 75.3 Å². The Hall–Kier alpha value is -1.35. The Labute approximate surface area is 164 Å². The number of hydrogen-bond acceptors (Lipinski definition) is 4. The van der Waals surface area contributed by atoms with E-state index in [0.717, 1.165) is 18.5 Å². The van der Waals surface area contributed by atoms with E-state index in [2.05, 4.69) is 39.6 Å². The Balaban J connectivity index is 0.00000288. The Kier molecular flexibility index (Phi) is 9.05. The fraction of sp³-hybridized carbons (Fsp3) is 0.438. The first-order chi connectivity index (χ1) is 11.1. The Morgan fingerprint density at radius 3 is 2.79 bits per heavy atom. The van der Waals surface area contributed by atoms with Crippen LogP contribution >= 0.6 is 35.6 Å². The van der Waals surface area contributed by atoms with E-state index in [9.17, 15) is 0 Å². The van der Waals surface area contributed by atoms with E-state index in [0.29, 0.717) is 35.2 Å². The highest BCUT2D eigenvalue weighted by molar-refractivity contribution is 14.0. The number of nitrogens with zero attached hydrogens (tertiary/aromatic N) is 3. The molecule has 0 radical (unpaired) electrons. The molecule has 2 N–H and O–H groups in total. The zero-order valence-electron chi connectivity index (χ0n) is 14.0. The number of halogens is 2. The molecule has 0 bridgehead atoms. The van der Waals surface area contributed by atoms with Gasteiger partial charge in [0.15, 0.2) is 5.96 Å². The molecule has 0 fully saturated rings. The summed E-state index contributed by atoms with van der Waals surface area (Å²) in [7, 11) is 1.73. The summed E-state index contributed by atoms with van der Waals surface area (Å²) in [6.07, 6.45) is 1.08. The van der Waals surface area contributed by atoms with Gasteiger partial charge in [0.05, 0.1) is 6.54 Å². The lowest BCUT2D eigenvalue weighted by molar-refractivity contribution is 0.375. The van der Waals surface area contributed by atoms with Crippen LogP contribution in [0.5, 0.6) is 0 Å². The van der Waals surface area contributed by atoms with Gasteiger partial charge in [-0.25, -0.2) is 0 Å². The minimum absolute atomic E-state index is 0. The first-order valence-corrected chi connectivity index (χ1v) is 7.99. The maximum Gasteiger partial charge on any atom is 0.246 e. The standard InChI is InChI=1S/C16H22ClN5O.HI/c1-11(2)7-8-19-16(18-3)20-10-14-21-15(22-23-14)12-5-4-6-13(17)9-12;/h4-6,9,11H,7-8,10H2,1-3H3,(H2,18,19,20);1H. The molecule has 1 aromatic heterocycles. The summed E-state index contributed by atoms with van der Waals surface area (Å²) in [6.45, 7) is 5.66. The molecule has 132 valence electrons. The van der Waals surface area contributed by atoms with Crippen molar-refractivity contribution in [3.8, 4) is 11.4 Å². The quantitative estimate of drug-likeness (QED) is 0.388. The van der Waals surface area contributed by atoms with E-state index < -0.39 is 0 Å². The Bertz CT molecular complexity index is 659. The van der Waals surface area contributed by atoms with E-state index in [1.165, 1.54) is 0 Å². The molecule has 24 heavy (non-hydrogen) atoms. The van der Waals surface area contributed by atoms with Crippen molar-refractivity contribution in [3.63, 3.8) is 0 Å². The molecule has 8 heteroatoms. The van der Waals surface area contributed by atoms with Gasteiger partial charge in [0.2, 0.25) is 11.7 Å². The van der Waals surface area contributed by atoms with Crippen molar-refractivity contribution in [1.82, 2.24) is 20.8 Å². The summed E-state index contributed by atoms with van der Waals surface area (Å²) >= 11 is 5.97. The molecule has 0 unspecified atom stereocenters. The number of nitrogens with one attached hydrogen (secondary N) is 2. The molecule has 0 atom stereocenters. The minimum atomic E-state index is 0. The summed E-state index contributed by atoms with van der Waals surface area (Å²) in [5.74, 6) is 2.38. The average Bonchev–Trinajstić information content (AvgIpc) is 2.99. The average molecular weight is 464 g/mol. The smallest absolute Gasteiger partial charge is 0.246 e. The highest BCUT2D eigenvalue weighted by Crippen LogP contribution is 2.19. The van der Waals surface area contributed by atoms with Crippen LogP contribution in [0.1, 0.15) is 26.2 Å². The summed E-state index contributed by atoms with van der Waals surface area (Å²) in [6, 6.07) is 7.35. The van der Waals surface area contributed by atoms with Crippen LogP contribution in [0.4, 0.5) is 0 Å². The maximum atomic E-state index is 5.97. The van der Waals surface area contributed by atoms with Gasteiger partial charge in [-0.3, -0.25) is 4.99 Å². The predicted octanol–water partition coefficient (Wildman–Crippen LogP) is 3.72. The first kappa shape index (κ1) is 20.7. The fourth-order valence-corrected chi connectivity index (χ4v) is 2.12. The molecule has 0 saturated heterocycles. The van der Waals surface area contributed by atoms with Gasteiger partial charge in [0.1, 0.15) is 0 Å². The molecular weight excluding hydrogens is 441 g/mol. The van der Waals surface area contributed by atoms with Crippen molar-refractivity contribution >= 4 is 41.5 Å². The molecule has 0 aliphatic heterocycles. The highest BCUT2D eigenvalue weighted by atomic mass is 127. The SMILES string of the molecule is CN=C(NCCC(C)C)NCc1nc(-c2cccc(Cl)c2)no1.I. The third-order valence-corrected chi connectivity index (χ3v) is 3.43. The summed E-state index contributed by atoms with van der Waals surface area (Å²) in [4.78, 5) is 8.52. The minimum Gasteiger partial charge on any atom is -0.356 e. The fourth-order valence-electron chi connectivity index (χ4n) is 1.93. The van der Waals surface area contributed by atoms with Gasteiger partial charge in [-0.05, 0) is 24.5 Å². The maximum absolute atomic E-state index is 5.97. The van der Waals surface area contributed by atoms with Crippen LogP contribution in [0.25, 0.3) is 11.4 Å². The summed E-state index contributed by atoms with van der Waals surface area (Å²) < 4.78 is 5.25. The van der Waals surface area contributed by atoms with Gasteiger partial charge in [0, 0.05) is 24.2 Å². The third kappa shape index (κ3) is 6.64. The van der Waals surface area contributed by atoms with E-state index in [4.69, 9.17) is 16.1 Å². The van der Waals surface area contributed by atoms with Crippen molar-refractivity contribution in [1.29, 1.82) is 0 Å². The van der Waals surface area contributed by atoms with E-state index in [1.807, 2.05) is 12.1 Å². The van der Waals surface area contributed by atoms with E-state index in [-0.39, 0.29) is 24.0 Å². The molecule has 0 amide bonds. The molecule has 0 aliphatic carbocycles. The molecule has 1 aromatic carbocycles. The molecule has 2 rings (SSSR count). The lowest BCUT2D eigenvalue weighted by Crippen LogP contribution is -2.37. The van der Waals surface area contributed by atoms with Gasteiger partial charge in [-0.15, -0.1) is 24.0 Å². The largest absolute Gasteiger partial charge is 0.356 e. The summed E-state index contributed by atoms with van der Waals surface area (Å²) in [5.41, 5.74) is 0.826. The number of aromatic nitrogens is 2. The van der Waals surface area contributed by atoms with Crippen LogP contribution in [0, 0.1) is 5.92 Å².